The standard InChI is InChI=1S/C12H9N3O4S/c1-7-9(12(16)17)6-15(13-7)11-8-4-2-3-5-10(8)20(18,19)14-11/h2-6H,1H3,(H,16,17). The van der Waals surface area contributed by atoms with E-state index in [4.69, 9.17) is 5.11 Å². The Bertz CT molecular complexity index is 865. The van der Waals surface area contributed by atoms with Crippen molar-refractivity contribution in [2.45, 2.75) is 11.8 Å². The SMILES string of the molecule is Cc1nn(C2=NS(=O)(=O)c3ccccc32)cc1C(=O)O. The Labute approximate surface area is 114 Å². The van der Waals surface area contributed by atoms with Crippen molar-refractivity contribution in [3.63, 3.8) is 0 Å². The molecule has 2 aromatic rings. The van der Waals surface area contributed by atoms with E-state index in [-0.39, 0.29) is 16.3 Å². The van der Waals surface area contributed by atoms with Crippen LogP contribution in [-0.2, 0) is 10.0 Å². The fourth-order valence-corrected chi connectivity index (χ4v) is 3.23. The predicted octanol–water partition coefficient (Wildman–Crippen LogP) is 0.887. The van der Waals surface area contributed by atoms with Gasteiger partial charge in [-0.05, 0) is 19.1 Å². The molecule has 0 spiro atoms. The molecule has 0 aliphatic carbocycles. The molecule has 2 heterocycles. The van der Waals surface area contributed by atoms with E-state index in [2.05, 4.69) is 9.50 Å². The lowest BCUT2D eigenvalue weighted by Gasteiger charge is -2.00. The van der Waals surface area contributed by atoms with Gasteiger partial charge in [0.05, 0.1) is 5.69 Å². The zero-order valence-electron chi connectivity index (χ0n) is 10.3. The first-order valence-corrected chi connectivity index (χ1v) is 7.08. The van der Waals surface area contributed by atoms with Crippen LogP contribution in [0, 0.1) is 6.92 Å². The third-order valence-electron chi connectivity index (χ3n) is 2.96. The number of fused-ring (bicyclic) bond motifs is 1. The number of sulfonamides is 1. The summed E-state index contributed by atoms with van der Waals surface area (Å²) in [5.74, 6) is -1.01. The van der Waals surface area contributed by atoms with Crippen LogP contribution in [0.2, 0.25) is 0 Å². The number of nitrogens with zero attached hydrogens (tertiary/aromatic N) is 3. The van der Waals surface area contributed by atoms with E-state index in [0.29, 0.717) is 11.3 Å². The van der Waals surface area contributed by atoms with Crippen molar-refractivity contribution in [1.82, 2.24) is 9.78 Å². The Kier molecular flexibility index (Phi) is 2.51. The molecular weight excluding hydrogens is 282 g/mol. The highest BCUT2D eigenvalue weighted by Gasteiger charge is 2.30. The summed E-state index contributed by atoms with van der Waals surface area (Å²) in [6.07, 6.45) is 1.26. The third-order valence-corrected chi connectivity index (χ3v) is 4.28. The highest BCUT2D eigenvalue weighted by molar-refractivity contribution is 7.90. The summed E-state index contributed by atoms with van der Waals surface area (Å²) < 4.78 is 28.7. The van der Waals surface area contributed by atoms with Crippen molar-refractivity contribution in [2.75, 3.05) is 0 Å². The van der Waals surface area contributed by atoms with Gasteiger partial charge in [0, 0.05) is 11.8 Å². The smallest absolute Gasteiger partial charge is 0.339 e. The average molecular weight is 291 g/mol. The van der Waals surface area contributed by atoms with Crippen LogP contribution < -0.4 is 0 Å². The molecule has 3 rings (SSSR count). The van der Waals surface area contributed by atoms with Crippen LogP contribution >= 0.6 is 0 Å². The highest BCUT2D eigenvalue weighted by atomic mass is 32.2. The molecule has 0 saturated heterocycles. The molecule has 102 valence electrons. The maximum Gasteiger partial charge on any atom is 0.339 e. The zero-order chi connectivity index (χ0) is 14.5. The average Bonchev–Trinajstić information content (AvgIpc) is 2.89. The van der Waals surface area contributed by atoms with Gasteiger partial charge in [0.15, 0.2) is 5.84 Å². The van der Waals surface area contributed by atoms with Gasteiger partial charge in [-0.2, -0.15) is 13.5 Å². The molecule has 1 aliphatic heterocycles. The second-order valence-electron chi connectivity index (χ2n) is 4.26. The van der Waals surface area contributed by atoms with Gasteiger partial charge in [0.1, 0.15) is 10.5 Å². The van der Waals surface area contributed by atoms with Gasteiger partial charge in [0.2, 0.25) is 0 Å². The lowest BCUT2D eigenvalue weighted by Crippen LogP contribution is -2.12. The minimum absolute atomic E-state index is 0.00878. The van der Waals surface area contributed by atoms with Gasteiger partial charge in [-0.15, -0.1) is 4.40 Å². The zero-order valence-corrected chi connectivity index (χ0v) is 11.1. The Morgan fingerprint density at radius 3 is 2.65 bits per heavy atom. The van der Waals surface area contributed by atoms with Crippen LogP contribution in [0.15, 0.2) is 39.8 Å². The van der Waals surface area contributed by atoms with E-state index in [0.717, 1.165) is 0 Å². The quantitative estimate of drug-likeness (QED) is 0.840. The molecule has 0 unspecified atom stereocenters. The molecule has 0 saturated carbocycles. The molecule has 8 heteroatoms. The molecule has 0 amide bonds. The van der Waals surface area contributed by atoms with Crippen molar-refractivity contribution in [1.29, 1.82) is 0 Å². The molecule has 7 nitrogen and oxygen atoms in total. The van der Waals surface area contributed by atoms with Crippen molar-refractivity contribution in [3.8, 4) is 0 Å². The molecular formula is C12H9N3O4S. The summed E-state index contributed by atoms with van der Waals surface area (Å²) in [6.45, 7) is 1.54. The van der Waals surface area contributed by atoms with Crippen LogP contribution in [-0.4, -0.2) is 35.1 Å². The second kappa shape index (κ2) is 4.01. The number of carbonyl (C=O) groups is 1. The van der Waals surface area contributed by atoms with Crippen LogP contribution in [0.25, 0.3) is 0 Å². The van der Waals surface area contributed by atoms with E-state index in [9.17, 15) is 13.2 Å². The number of aryl methyl sites for hydroxylation is 1. The molecule has 1 aliphatic rings. The summed E-state index contributed by atoms with van der Waals surface area (Å²) in [4.78, 5) is 11.1. The molecule has 1 aromatic carbocycles. The topological polar surface area (TPSA) is 102 Å². The van der Waals surface area contributed by atoms with Gasteiger partial charge >= 0.3 is 5.97 Å². The molecule has 20 heavy (non-hydrogen) atoms. The Morgan fingerprint density at radius 1 is 1.30 bits per heavy atom. The van der Waals surface area contributed by atoms with Crippen LogP contribution in [0.1, 0.15) is 21.6 Å². The molecule has 0 atom stereocenters. The molecule has 1 N–H and O–H groups in total. The maximum absolute atomic E-state index is 11.9. The Hall–Kier alpha value is -2.48. The number of aromatic carboxylic acids is 1. The minimum Gasteiger partial charge on any atom is -0.478 e. The van der Waals surface area contributed by atoms with E-state index < -0.39 is 16.0 Å². The first kappa shape index (κ1) is 12.5. The lowest BCUT2D eigenvalue weighted by molar-refractivity contribution is 0.0696. The van der Waals surface area contributed by atoms with Crippen LogP contribution in [0.4, 0.5) is 0 Å². The van der Waals surface area contributed by atoms with Gasteiger partial charge in [0.25, 0.3) is 10.0 Å². The third kappa shape index (κ3) is 1.73. The fourth-order valence-electron chi connectivity index (χ4n) is 2.03. The summed E-state index contributed by atoms with van der Waals surface area (Å²) in [5.41, 5.74) is 0.711. The normalized spacial score (nSPS) is 15.8. The van der Waals surface area contributed by atoms with Crippen molar-refractivity contribution in [3.05, 3.63) is 47.3 Å². The van der Waals surface area contributed by atoms with Crippen LogP contribution in [0.5, 0.6) is 0 Å². The van der Waals surface area contributed by atoms with Crippen molar-refractivity contribution < 1.29 is 18.3 Å². The first-order valence-electron chi connectivity index (χ1n) is 5.64. The second-order valence-corrected chi connectivity index (χ2v) is 5.84. The Balaban J connectivity index is 2.22. The van der Waals surface area contributed by atoms with Gasteiger partial charge < -0.3 is 5.11 Å². The number of carboxylic acid groups (broad SMARTS) is 1. The number of aromatic nitrogens is 2. The van der Waals surface area contributed by atoms with Gasteiger partial charge in [-0.25, -0.2) is 9.48 Å². The number of hydrogen-bond donors (Lipinski definition) is 1. The van der Waals surface area contributed by atoms with E-state index in [1.54, 1.807) is 18.2 Å². The minimum atomic E-state index is -3.75. The highest BCUT2D eigenvalue weighted by Crippen LogP contribution is 2.26. The largest absolute Gasteiger partial charge is 0.478 e. The summed E-state index contributed by atoms with van der Waals surface area (Å²) in [7, 11) is -3.75. The predicted molar refractivity (Wildman–Crippen MR) is 69.5 cm³/mol. The maximum atomic E-state index is 11.9. The number of hydrogen-bond acceptors (Lipinski definition) is 4. The molecule has 0 fully saturated rings. The van der Waals surface area contributed by atoms with Gasteiger partial charge in [-0.3, -0.25) is 0 Å². The summed E-state index contributed by atoms with van der Waals surface area (Å²) >= 11 is 0. The Morgan fingerprint density at radius 2 is 2.00 bits per heavy atom. The summed E-state index contributed by atoms with van der Waals surface area (Å²) in [5, 5.41) is 13.0. The van der Waals surface area contributed by atoms with Crippen LogP contribution in [0.3, 0.4) is 0 Å². The summed E-state index contributed by atoms with van der Waals surface area (Å²) in [6, 6.07) is 6.35. The van der Waals surface area contributed by atoms with E-state index in [1.807, 2.05) is 0 Å². The van der Waals surface area contributed by atoms with E-state index in [1.165, 1.54) is 23.9 Å². The van der Waals surface area contributed by atoms with Crippen molar-refractivity contribution in [2.24, 2.45) is 4.40 Å². The monoisotopic (exact) mass is 291 g/mol. The molecule has 0 bridgehead atoms. The number of carboxylic acids is 1. The number of benzene rings is 1. The van der Waals surface area contributed by atoms with E-state index >= 15 is 0 Å². The van der Waals surface area contributed by atoms with Gasteiger partial charge in [-0.1, -0.05) is 12.1 Å². The fraction of sp³-hybridized carbons (Fsp3) is 0.0833. The van der Waals surface area contributed by atoms with Crippen molar-refractivity contribution >= 4 is 21.8 Å². The first-order chi connectivity index (χ1) is 9.40. The lowest BCUT2D eigenvalue weighted by atomic mass is 10.2. The number of rotatable bonds is 1. The molecule has 0 radical (unpaired) electrons. The molecule has 1 aromatic heterocycles.